The summed E-state index contributed by atoms with van der Waals surface area (Å²) < 4.78 is 15.3. The summed E-state index contributed by atoms with van der Waals surface area (Å²) in [6, 6.07) is 5.97. The van der Waals surface area contributed by atoms with E-state index in [-0.39, 0.29) is 17.8 Å². The van der Waals surface area contributed by atoms with E-state index in [9.17, 15) is 4.79 Å². The zero-order valence-corrected chi connectivity index (χ0v) is 19.6. The van der Waals surface area contributed by atoms with E-state index >= 15 is 0 Å². The molecule has 3 heterocycles. The van der Waals surface area contributed by atoms with Gasteiger partial charge in [-0.05, 0) is 44.9 Å². The van der Waals surface area contributed by atoms with Crippen molar-refractivity contribution in [2.75, 3.05) is 32.6 Å². The molecule has 0 amide bonds. The van der Waals surface area contributed by atoms with Crippen molar-refractivity contribution >= 4 is 22.8 Å². The summed E-state index contributed by atoms with van der Waals surface area (Å²) in [4.78, 5) is 24.4. The fourth-order valence-corrected chi connectivity index (χ4v) is 4.95. The molecule has 33 heavy (non-hydrogen) atoms. The van der Waals surface area contributed by atoms with Crippen LogP contribution < -0.4 is 20.5 Å². The maximum Gasteiger partial charge on any atom is 0.330 e. The Kier molecular flexibility index (Phi) is 5.97. The lowest BCUT2D eigenvalue weighted by atomic mass is 10.1. The fraction of sp³-hybridized carbons (Fsp3) is 0.542. The van der Waals surface area contributed by atoms with Crippen LogP contribution in [0.2, 0.25) is 0 Å². The van der Waals surface area contributed by atoms with Gasteiger partial charge >= 0.3 is 5.69 Å². The SMILES string of the molecule is COc1cc(OC2CCN(C)CC2)ccc1Nc1ncc2c(n1)n(C1CCCC1)c(=O)n2C. The Hall–Kier alpha value is -3.07. The molecule has 1 aromatic carbocycles. The van der Waals surface area contributed by atoms with Crippen molar-refractivity contribution in [2.45, 2.75) is 50.7 Å². The highest BCUT2D eigenvalue weighted by atomic mass is 16.5. The zero-order valence-electron chi connectivity index (χ0n) is 19.6. The molecule has 1 aliphatic carbocycles. The van der Waals surface area contributed by atoms with Crippen molar-refractivity contribution < 1.29 is 9.47 Å². The molecule has 2 fully saturated rings. The van der Waals surface area contributed by atoms with Gasteiger partial charge in [-0.15, -0.1) is 0 Å². The molecule has 176 valence electrons. The quantitative estimate of drug-likeness (QED) is 0.613. The maximum atomic E-state index is 12.9. The first-order valence-electron chi connectivity index (χ1n) is 11.8. The van der Waals surface area contributed by atoms with Crippen LogP contribution in [0.1, 0.15) is 44.6 Å². The lowest BCUT2D eigenvalue weighted by Crippen LogP contribution is -2.35. The van der Waals surface area contributed by atoms with Gasteiger partial charge in [-0.1, -0.05) is 12.8 Å². The molecule has 9 heteroatoms. The van der Waals surface area contributed by atoms with Crippen LogP contribution in [0, 0.1) is 0 Å². The number of hydrogen-bond donors (Lipinski definition) is 1. The molecule has 2 aromatic heterocycles. The van der Waals surface area contributed by atoms with Crippen molar-refractivity contribution in [1.82, 2.24) is 24.0 Å². The first-order chi connectivity index (χ1) is 16.0. The predicted molar refractivity (Wildman–Crippen MR) is 128 cm³/mol. The Bertz CT molecular complexity index is 1190. The van der Waals surface area contributed by atoms with Gasteiger partial charge in [-0.2, -0.15) is 4.98 Å². The van der Waals surface area contributed by atoms with Crippen LogP contribution in [-0.2, 0) is 7.05 Å². The number of methoxy groups -OCH3 is 1. The van der Waals surface area contributed by atoms with Crippen LogP contribution in [0.5, 0.6) is 11.5 Å². The summed E-state index contributed by atoms with van der Waals surface area (Å²) in [5.41, 5.74) is 2.13. The van der Waals surface area contributed by atoms with Crippen molar-refractivity contribution in [3.8, 4) is 11.5 Å². The molecular formula is C24H32N6O3. The lowest BCUT2D eigenvalue weighted by molar-refractivity contribution is 0.114. The highest BCUT2D eigenvalue weighted by molar-refractivity contribution is 5.74. The highest BCUT2D eigenvalue weighted by Crippen LogP contribution is 2.33. The van der Waals surface area contributed by atoms with E-state index in [0.29, 0.717) is 17.3 Å². The van der Waals surface area contributed by atoms with E-state index in [1.54, 1.807) is 24.9 Å². The largest absolute Gasteiger partial charge is 0.494 e. The molecule has 5 rings (SSSR count). The normalized spacial score (nSPS) is 18.2. The van der Waals surface area contributed by atoms with Crippen molar-refractivity contribution in [3.05, 3.63) is 34.9 Å². The average Bonchev–Trinajstić information content (AvgIpc) is 3.43. The molecule has 1 saturated carbocycles. The smallest absolute Gasteiger partial charge is 0.330 e. The Balaban J connectivity index is 1.39. The van der Waals surface area contributed by atoms with E-state index < -0.39 is 0 Å². The lowest BCUT2D eigenvalue weighted by Gasteiger charge is -2.29. The number of likely N-dealkylation sites (tertiary alicyclic amines) is 1. The fourth-order valence-electron chi connectivity index (χ4n) is 4.95. The monoisotopic (exact) mass is 452 g/mol. The molecular weight excluding hydrogens is 420 g/mol. The molecule has 2 aliphatic rings. The minimum Gasteiger partial charge on any atom is -0.494 e. The number of anilines is 2. The Morgan fingerprint density at radius 3 is 2.58 bits per heavy atom. The summed E-state index contributed by atoms with van der Waals surface area (Å²) >= 11 is 0. The third-order valence-corrected chi connectivity index (χ3v) is 6.91. The third kappa shape index (κ3) is 4.29. The standard InChI is InChI=1S/C24H32N6O3/c1-28-12-10-17(11-13-28)33-18-8-9-19(21(14-18)32-3)26-23-25-15-20-22(27-23)30(24(31)29(20)2)16-6-4-5-7-16/h8-9,14-17H,4-7,10-13H2,1-3H3,(H,25,26,27). The second kappa shape index (κ2) is 9.05. The van der Waals surface area contributed by atoms with Gasteiger partial charge in [0.15, 0.2) is 5.65 Å². The van der Waals surface area contributed by atoms with Crippen LogP contribution in [0.15, 0.2) is 29.2 Å². The minimum atomic E-state index is -0.0312. The summed E-state index contributed by atoms with van der Waals surface area (Å²) in [6.07, 6.45) is 8.29. The number of aryl methyl sites for hydroxylation is 1. The number of rotatable bonds is 6. The molecule has 0 unspecified atom stereocenters. The second-order valence-corrected chi connectivity index (χ2v) is 9.16. The Morgan fingerprint density at radius 1 is 1.09 bits per heavy atom. The van der Waals surface area contributed by atoms with Gasteiger partial charge in [0, 0.05) is 32.2 Å². The van der Waals surface area contributed by atoms with Crippen molar-refractivity contribution in [1.29, 1.82) is 0 Å². The number of imidazole rings is 1. The molecule has 0 bridgehead atoms. The van der Waals surface area contributed by atoms with Crippen LogP contribution in [-0.4, -0.2) is 57.4 Å². The topological polar surface area (TPSA) is 86.4 Å². The molecule has 1 N–H and O–H groups in total. The number of fused-ring (bicyclic) bond motifs is 1. The molecule has 1 saturated heterocycles. The minimum absolute atomic E-state index is 0.0312. The summed E-state index contributed by atoms with van der Waals surface area (Å²) in [5, 5.41) is 3.26. The van der Waals surface area contributed by atoms with Crippen LogP contribution in [0.4, 0.5) is 11.6 Å². The van der Waals surface area contributed by atoms with Gasteiger partial charge in [0.1, 0.15) is 23.1 Å². The van der Waals surface area contributed by atoms with Crippen LogP contribution >= 0.6 is 0 Å². The van der Waals surface area contributed by atoms with Crippen molar-refractivity contribution in [3.63, 3.8) is 0 Å². The molecule has 9 nitrogen and oxygen atoms in total. The number of ether oxygens (including phenoxy) is 2. The van der Waals surface area contributed by atoms with E-state index in [1.165, 1.54) is 0 Å². The molecule has 0 atom stereocenters. The highest BCUT2D eigenvalue weighted by Gasteiger charge is 2.24. The Morgan fingerprint density at radius 2 is 1.85 bits per heavy atom. The molecule has 3 aromatic rings. The first-order valence-corrected chi connectivity index (χ1v) is 11.8. The molecule has 1 aliphatic heterocycles. The number of nitrogens with one attached hydrogen (secondary N) is 1. The van der Waals surface area contributed by atoms with E-state index in [4.69, 9.17) is 14.5 Å². The summed E-state index contributed by atoms with van der Waals surface area (Å²) in [6.45, 7) is 2.10. The van der Waals surface area contributed by atoms with Crippen LogP contribution in [0.25, 0.3) is 11.2 Å². The summed E-state index contributed by atoms with van der Waals surface area (Å²) in [5.74, 6) is 1.88. The van der Waals surface area contributed by atoms with E-state index in [1.807, 2.05) is 22.8 Å². The Labute approximate surface area is 193 Å². The number of nitrogens with zero attached hydrogens (tertiary/aromatic N) is 5. The van der Waals surface area contributed by atoms with E-state index in [2.05, 4.69) is 22.2 Å². The van der Waals surface area contributed by atoms with Crippen molar-refractivity contribution in [2.24, 2.45) is 7.05 Å². The van der Waals surface area contributed by atoms with Gasteiger partial charge in [0.2, 0.25) is 5.95 Å². The number of aromatic nitrogens is 4. The third-order valence-electron chi connectivity index (χ3n) is 6.91. The first kappa shape index (κ1) is 21.8. The summed E-state index contributed by atoms with van der Waals surface area (Å²) in [7, 11) is 5.55. The second-order valence-electron chi connectivity index (χ2n) is 9.16. The van der Waals surface area contributed by atoms with Gasteiger partial charge in [0.25, 0.3) is 0 Å². The van der Waals surface area contributed by atoms with Crippen LogP contribution in [0.3, 0.4) is 0 Å². The van der Waals surface area contributed by atoms with Gasteiger partial charge < -0.3 is 19.7 Å². The van der Waals surface area contributed by atoms with Gasteiger partial charge in [0.05, 0.1) is 19.0 Å². The number of piperidine rings is 1. The molecule has 0 radical (unpaired) electrons. The average molecular weight is 453 g/mol. The zero-order chi connectivity index (χ0) is 22.9. The van der Waals surface area contributed by atoms with E-state index in [0.717, 1.165) is 68.6 Å². The predicted octanol–water partition coefficient (Wildman–Crippen LogP) is 3.47. The maximum absolute atomic E-state index is 12.9. The van der Waals surface area contributed by atoms with Gasteiger partial charge in [-0.25, -0.2) is 9.78 Å². The number of hydrogen-bond acceptors (Lipinski definition) is 7. The molecule has 0 spiro atoms. The van der Waals surface area contributed by atoms with Gasteiger partial charge in [-0.3, -0.25) is 9.13 Å². The number of benzene rings is 1.